The van der Waals surface area contributed by atoms with Crippen LogP contribution in [-0.2, 0) is 9.59 Å². The van der Waals surface area contributed by atoms with Crippen LogP contribution in [0.2, 0.25) is 0 Å². The molecular weight excluding hydrogens is 280 g/mol. The number of carbonyl (C=O) groups is 2. The highest BCUT2D eigenvalue weighted by atomic mass is 32.1. The van der Waals surface area contributed by atoms with Crippen molar-refractivity contribution in [2.45, 2.75) is 39.0 Å². The van der Waals surface area contributed by atoms with E-state index >= 15 is 0 Å². The van der Waals surface area contributed by atoms with Gasteiger partial charge in [0.2, 0.25) is 11.8 Å². The van der Waals surface area contributed by atoms with Crippen LogP contribution in [0.25, 0.3) is 0 Å². The minimum Gasteiger partial charge on any atom is -0.354 e. The van der Waals surface area contributed by atoms with Gasteiger partial charge in [-0.2, -0.15) is 25.3 Å². The molecule has 19 heavy (non-hydrogen) atoms. The van der Waals surface area contributed by atoms with Gasteiger partial charge < -0.3 is 10.2 Å². The van der Waals surface area contributed by atoms with Gasteiger partial charge in [0.1, 0.15) is 0 Å². The third-order valence-corrected chi connectivity index (χ3v) is 3.16. The summed E-state index contributed by atoms with van der Waals surface area (Å²) < 4.78 is 0. The lowest BCUT2D eigenvalue weighted by molar-refractivity contribution is -0.135. The fraction of sp³-hybridized carbons (Fsp3) is 0.846. The molecule has 0 saturated heterocycles. The standard InChI is InChI=1S/C13H26N2O2S2/c1-2-3-4-5-6-13(17)15(8-10-19)11-12(16)14-7-9-18/h18-19H,2-11H2,1H3,(H,14,16). The van der Waals surface area contributed by atoms with Crippen LogP contribution in [0.5, 0.6) is 0 Å². The SMILES string of the molecule is CCCCCCC(=O)N(CCS)CC(=O)NCCS. The van der Waals surface area contributed by atoms with Crippen molar-refractivity contribution in [3.05, 3.63) is 0 Å². The van der Waals surface area contributed by atoms with Crippen molar-refractivity contribution in [2.75, 3.05) is 31.1 Å². The van der Waals surface area contributed by atoms with Gasteiger partial charge in [-0.05, 0) is 6.42 Å². The summed E-state index contributed by atoms with van der Waals surface area (Å²) in [7, 11) is 0. The van der Waals surface area contributed by atoms with Crippen LogP contribution in [0, 0.1) is 0 Å². The summed E-state index contributed by atoms with van der Waals surface area (Å²) in [6, 6.07) is 0. The van der Waals surface area contributed by atoms with Gasteiger partial charge in [-0.15, -0.1) is 0 Å². The lowest BCUT2D eigenvalue weighted by atomic mass is 10.1. The van der Waals surface area contributed by atoms with Crippen molar-refractivity contribution in [1.82, 2.24) is 10.2 Å². The molecule has 0 unspecified atom stereocenters. The number of nitrogens with zero attached hydrogens (tertiary/aromatic N) is 1. The molecule has 0 rings (SSSR count). The van der Waals surface area contributed by atoms with E-state index in [0.717, 1.165) is 25.7 Å². The van der Waals surface area contributed by atoms with Crippen molar-refractivity contribution < 1.29 is 9.59 Å². The van der Waals surface area contributed by atoms with E-state index in [9.17, 15) is 9.59 Å². The first-order valence-electron chi connectivity index (χ1n) is 6.91. The zero-order chi connectivity index (χ0) is 14.5. The monoisotopic (exact) mass is 306 g/mol. The van der Waals surface area contributed by atoms with Gasteiger partial charge in [-0.1, -0.05) is 26.2 Å². The molecular formula is C13H26N2O2S2. The maximum absolute atomic E-state index is 12.0. The van der Waals surface area contributed by atoms with Crippen molar-refractivity contribution in [2.24, 2.45) is 0 Å². The molecule has 112 valence electrons. The van der Waals surface area contributed by atoms with Crippen molar-refractivity contribution in [3.63, 3.8) is 0 Å². The average molecular weight is 306 g/mol. The fourth-order valence-corrected chi connectivity index (χ4v) is 2.05. The molecule has 0 spiro atoms. The molecule has 2 amide bonds. The number of nitrogens with one attached hydrogen (secondary N) is 1. The summed E-state index contributed by atoms with van der Waals surface area (Å²) in [5, 5.41) is 2.72. The summed E-state index contributed by atoms with van der Waals surface area (Å²) in [4.78, 5) is 25.2. The number of hydrogen-bond acceptors (Lipinski definition) is 4. The number of amides is 2. The molecule has 0 atom stereocenters. The summed E-state index contributed by atoms with van der Waals surface area (Å²) in [5.74, 6) is 1.09. The molecule has 0 aliphatic carbocycles. The van der Waals surface area contributed by atoms with Crippen molar-refractivity contribution in [1.29, 1.82) is 0 Å². The summed E-state index contributed by atoms with van der Waals surface area (Å²) in [6.07, 6.45) is 4.80. The Morgan fingerprint density at radius 3 is 2.42 bits per heavy atom. The number of thiol groups is 2. The Morgan fingerprint density at radius 1 is 1.11 bits per heavy atom. The summed E-state index contributed by atoms with van der Waals surface area (Å²) in [6.45, 7) is 3.31. The zero-order valence-corrected chi connectivity index (χ0v) is 13.5. The van der Waals surface area contributed by atoms with Crippen molar-refractivity contribution >= 4 is 37.1 Å². The third-order valence-electron chi connectivity index (χ3n) is 2.74. The van der Waals surface area contributed by atoms with Crippen LogP contribution in [0.1, 0.15) is 39.0 Å². The molecule has 0 aliphatic heterocycles. The third kappa shape index (κ3) is 10.1. The Balaban J connectivity index is 4.06. The summed E-state index contributed by atoms with van der Waals surface area (Å²) in [5.41, 5.74) is 0. The van der Waals surface area contributed by atoms with Crippen molar-refractivity contribution in [3.8, 4) is 0 Å². The normalized spacial score (nSPS) is 10.3. The predicted octanol–water partition coefficient (Wildman–Crippen LogP) is 1.76. The first-order chi connectivity index (χ1) is 9.15. The van der Waals surface area contributed by atoms with Gasteiger partial charge >= 0.3 is 0 Å². The molecule has 0 heterocycles. The molecule has 1 N–H and O–H groups in total. The Hall–Kier alpha value is -0.360. The molecule has 0 aromatic carbocycles. The fourth-order valence-electron chi connectivity index (χ4n) is 1.70. The zero-order valence-electron chi connectivity index (χ0n) is 11.7. The molecule has 0 aromatic rings. The van der Waals surface area contributed by atoms with Gasteiger partial charge in [0.05, 0.1) is 6.54 Å². The van der Waals surface area contributed by atoms with E-state index in [1.165, 1.54) is 0 Å². The van der Waals surface area contributed by atoms with E-state index in [0.29, 0.717) is 31.0 Å². The number of hydrogen-bond donors (Lipinski definition) is 3. The largest absolute Gasteiger partial charge is 0.354 e. The maximum atomic E-state index is 12.0. The Bertz CT molecular complexity index is 263. The van der Waals surface area contributed by atoms with E-state index in [2.05, 4.69) is 37.5 Å². The van der Waals surface area contributed by atoms with E-state index in [1.807, 2.05) is 0 Å². The van der Waals surface area contributed by atoms with Crippen LogP contribution in [0.3, 0.4) is 0 Å². The van der Waals surface area contributed by atoms with Gasteiger partial charge in [-0.3, -0.25) is 9.59 Å². The van der Waals surface area contributed by atoms with E-state index in [-0.39, 0.29) is 18.4 Å². The van der Waals surface area contributed by atoms with E-state index < -0.39 is 0 Å². The van der Waals surface area contributed by atoms with Crippen LogP contribution in [0.15, 0.2) is 0 Å². The second-order valence-corrected chi connectivity index (χ2v) is 5.32. The van der Waals surface area contributed by atoms with Crippen LogP contribution in [-0.4, -0.2) is 47.9 Å². The molecule has 0 aromatic heterocycles. The van der Waals surface area contributed by atoms with Gasteiger partial charge in [0.15, 0.2) is 0 Å². The highest BCUT2D eigenvalue weighted by molar-refractivity contribution is 7.80. The quantitative estimate of drug-likeness (QED) is 0.402. The van der Waals surface area contributed by atoms with Gasteiger partial charge in [-0.25, -0.2) is 0 Å². The Kier molecular flexibility index (Phi) is 12.4. The lowest BCUT2D eigenvalue weighted by Gasteiger charge is -2.21. The number of rotatable bonds is 11. The minimum atomic E-state index is -0.127. The first-order valence-corrected chi connectivity index (χ1v) is 8.18. The highest BCUT2D eigenvalue weighted by Gasteiger charge is 2.15. The second-order valence-electron chi connectivity index (χ2n) is 4.42. The first kappa shape index (κ1) is 18.6. The topological polar surface area (TPSA) is 49.4 Å². The molecule has 4 nitrogen and oxygen atoms in total. The maximum Gasteiger partial charge on any atom is 0.239 e. The van der Waals surface area contributed by atoms with Gasteiger partial charge in [0, 0.05) is 31.0 Å². The second kappa shape index (κ2) is 12.7. The highest BCUT2D eigenvalue weighted by Crippen LogP contribution is 2.05. The smallest absolute Gasteiger partial charge is 0.239 e. The predicted molar refractivity (Wildman–Crippen MR) is 86.1 cm³/mol. The number of unbranched alkanes of at least 4 members (excludes halogenated alkanes) is 3. The molecule has 0 aliphatic rings. The summed E-state index contributed by atoms with van der Waals surface area (Å²) >= 11 is 8.16. The van der Waals surface area contributed by atoms with Crippen LogP contribution >= 0.6 is 25.3 Å². The lowest BCUT2D eigenvalue weighted by Crippen LogP contribution is -2.42. The van der Waals surface area contributed by atoms with E-state index in [4.69, 9.17) is 0 Å². The van der Waals surface area contributed by atoms with E-state index in [1.54, 1.807) is 4.90 Å². The molecule has 6 heteroatoms. The molecule has 0 fully saturated rings. The molecule has 0 saturated carbocycles. The molecule has 0 radical (unpaired) electrons. The molecule has 0 bridgehead atoms. The Morgan fingerprint density at radius 2 is 1.84 bits per heavy atom. The van der Waals surface area contributed by atoms with Crippen LogP contribution < -0.4 is 5.32 Å². The Labute approximate surface area is 127 Å². The minimum absolute atomic E-state index is 0.0474. The van der Waals surface area contributed by atoms with Gasteiger partial charge in [0.25, 0.3) is 0 Å². The average Bonchev–Trinajstić information content (AvgIpc) is 2.40. The van der Waals surface area contributed by atoms with Crippen LogP contribution in [0.4, 0.5) is 0 Å². The number of carbonyl (C=O) groups excluding carboxylic acids is 2.